The third kappa shape index (κ3) is 10.9. The van der Waals surface area contributed by atoms with E-state index in [1.807, 2.05) is 0 Å². The molecule has 0 aliphatic heterocycles. The van der Waals surface area contributed by atoms with Crippen molar-refractivity contribution in [1.82, 2.24) is 0 Å². The van der Waals surface area contributed by atoms with Gasteiger partial charge in [0.1, 0.15) is 0 Å². The standard InChI is InChI=1S/Ga.H5O4PSi.3H/c;1-5(2,3)4-6;;;/h;6H3,(H2,1,2,3);;;. The van der Waals surface area contributed by atoms with Crippen molar-refractivity contribution in [2.75, 3.05) is 0 Å². The van der Waals surface area contributed by atoms with Crippen LogP contribution in [0.2, 0.25) is 0 Å². The summed E-state index contributed by atoms with van der Waals surface area (Å²) in [6.07, 6.45) is 0. The Morgan fingerprint density at radius 2 is 1.71 bits per heavy atom. The van der Waals surface area contributed by atoms with Crippen molar-refractivity contribution in [3.8, 4) is 0 Å². The quantitative estimate of drug-likeness (QED) is 0.355. The Morgan fingerprint density at radius 3 is 1.71 bits per heavy atom. The van der Waals surface area contributed by atoms with Gasteiger partial charge in [0.15, 0.2) is 10.5 Å². The average Bonchev–Trinajstić information content (AvgIpc) is 1.35. The van der Waals surface area contributed by atoms with Gasteiger partial charge in [0.05, 0.1) is 0 Å². The Hall–Kier alpha value is 0.963. The van der Waals surface area contributed by atoms with E-state index in [9.17, 15) is 4.57 Å². The van der Waals surface area contributed by atoms with Crippen molar-refractivity contribution in [1.29, 1.82) is 0 Å². The molecule has 0 spiro atoms. The summed E-state index contributed by atoms with van der Waals surface area (Å²) in [5.41, 5.74) is 0. The molecule has 0 radical (unpaired) electrons. The molecule has 0 heterocycles. The Bertz CT molecular complexity index is 75.8. The van der Waals surface area contributed by atoms with Gasteiger partial charge in [-0.1, -0.05) is 0 Å². The van der Waals surface area contributed by atoms with Crippen LogP contribution in [0.5, 0.6) is 0 Å². The molecule has 0 amide bonds. The van der Waals surface area contributed by atoms with Crippen molar-refractivity contribution in [3.63, 3.8) is 0 Å². The second-order valence-corrected chi connectivity index (χ2v) is 3.11. The number of hydrogen-bond acceptors (Lipinski definition) is 2. The summed E-state index contributed by atoms with van der Waals surface area (Å²) in [7, 11) is -4.00. The molecule has 0 rings (SSSR count). The van der Waals surface area contributed by atoms with Crippen molar-refractivity contribution in [2.24, 2.45) is 0 Å². The van der Waals surface area contributed by atoms with Crippen molar-refractivity contribution in [2.45, 2.75) is 0 Å². The molecule has 0 atom stereocenters. The fourth-order valence-corrected chi connectivity index (χ4v) is 0. The fraction of sp³-hybridized carbons (Fsp3) is 0. The van der Waals surface area contributed by atoms with Gasteiger partial charge in [-0.3, -0.25) is 0 Å². The van der Waals surface area contributed by atoms with Crippen LogP contribution in [-0.2, 0) is 8.78 Å². The van der Waals surface area contributed by atoms with Crippen LogP contribution >= 0.6 is 7.82 Å². The summed E-state index contributed by atoms with van der Waals surface area (Å²) in [5.74, 6) is 0. The van der Waals surface area contributed by atoms with Crippen LogP contribution in [0.4, 0.5) is 0 Å². The van der Waals surface area contributed by atoms with Gasteiger partial charge < -0.3 is 14.0 Å². The molecule has 0 fully saturated rings. The number of phosphoric acid groups is 1. The predicted octanol–water partition coefficient (Wildman–Crippen LogP) is -2.81. The third-order valence-corrected chi connectivity index (χ3v) is 2.14. The molecule has 2 N–H and O–H groups in total. The predicted molar refractivity (Wildman–Crippen MR) is 33.0 cm³/mol. The van der Waals surface area contributed by atoms with Crippen molar-refractivity contribution >= 4 is 38.1 Å². The summed E-state index contributed by atoms with van der Waals surface area (Å²) in [5, 5.41) is 0. The monoisotopic (exact) mass is 200 g/mol. The third-order valence-electron chi connectivity index (χ3n) is 0.238. The summed E-state index contributed by atoms with van der Waals surface area (Å²) in [6, 6.07) is 0. The van der Waals surface area contributed by atoms with Gasteiger partial charge in [-0.2, -0.15) is 0 Å². The first-order valence-electron chi connectivity index (χ1n) is 1.17. The van der Waals surface area contributed by atoms with Crippen molar-refractivity contribution < 1.29 is 18.6 Å². The van der Waals surface area contributed by atoms with E-state index < -0.39 is 7.82 Å². The molecule has 0 saturated carbocycles. The van der Waals surface area contributed by atoms with Gasteiger partial charge >= 0.3 is 27.6 Å². The van der Waals surface area contributed by atoms with Gasteiger partial charge in [0, 0.05) is 0 Å². The molecule has 7 heteroatoms. The zero-order valence-corrected chi connectivity index (χ0v) is 6.05. The van der Waals surface area contributed by atoms with Crippen LogP contribution in [0.15, 0.2) is 0 Å². The van der Waals surface area contributed by atoms with Crippen LogP contribution in [-0.4, -0.2) is 40.1 Å². The van der Waals surface area contributed by atoms with Crippen LogP contribution in [0, 0.1) is 0 Å². The Morgan fingerprint density at radius 1 is 1.57 bits per heavy atom. The number of rotatable bonds is 1. The molecule has 0 aliphatic carbocycles. The van der Waals surface area contributed by atoms with Crippen LogP contribution in [0.25, 0.3) is 0 Å². The Labute approximate surface area is 57.1 Å². The minimum atomic E-state index is -4.08. The molecule has 7 heavy (non-hydrogen) atoms. The molecule has 0 aromatic carbocycles. The molecule has 0 aromatic heterocycles. The van der Waals surface area contributed by atoms with Crippen LogP contribution < -0.4 is 0 Å². The van der Waals surface area contributed by atoms with Gasteiger partial charge in [-0.25, -0.2) is 4.57 Å². The molecule has 4 nitrogen and oxygen atoms in total. The average molecular weight is 201 g/mol. The van der Waals surface area contributed by atoms with Crippen LogP contribution in [0.1, 0.15) is 0 Å². The van der Waals surface area contributed by atoms with Gasteiger partial charge in [0.25, 0.3) is 0 Å². The van der Waals surface area contributed by atoms with E-state index in [1.165, 1.54) is 0 Å². The first kappa shape index (κ1) is 10.9. The van der Waals surface area contributed by atoms with E-state index in [2.05, 4.69) is 4.21 Å². The van der Waals surface area contributed by atoms with E-state index in [0.717, 1.165) is 0 Å². The minimum absolute atomic E-state index is 0. The van der Waals surface area contributed by atoms with Crippen molar-refractivity contribution in [3.05, 3.63) is 0 Å². The molecule has 44 valence electrons. The molecule has 0 saturated heterocycles. The van der Waals surface area contributed by atoms with E-state index in [0.29, 0.717) is 0 Å². The summed E-state index contributed by atoms with van der Waals surface area (Å²) < 4.78 is 13.2. The first-order chi connectivity index (χ1) is 2.56. The maximum absolute atomic E-state index is 9.51. The second-order valence-electron chi connectivity index (χ2n) is 0.673. The van der Waals surface area contributed by atoms with Gasteiger partial charge in [0.2, 0.25) is 0 Å². The maximum atomic E-state index is 9.51. The first-order valence-corrected chi connectivity index (χ1v) is 3.52. The van der Waals surface area contributed by atoms with E-state index in [4.69, 9.17) is 9.79 Å². The summed E-state index contributed by atoms with van der Waals surface area (Å²) >= 11 is 0. The Balaban J connectivity index is 0. The van der Waals surface area contributed by atoms with E-state index in [1.54, 1.807) is 0 Å². The number of hydrogen-bond donors (Lipinski definition) is 2. The molecular formula is H8GaO4PSi. The van der Waals surface area contributed by atoms with Crippen LogP contribution in [0.3, 0.4) is 0 Å². The summed E-state index contributed by atoms with van der Waals surface area (Å²) in [4.78, 5) is 15.5. The molecule has 0 bridgehead atoms. The molecule has 0 aliphatic rings. The molecule has 0 aromatic rings. The zero-order chi connectivity index (χ0) is 5.21. The van der Waals surface area contributed by atoms with E-state index >= 15 is 0 Å². The second kappa shape index (κ2) is 3.90. The summed E-state index contributed by atoms with van der Waals surface area (Å²) in [6.45, 7) is 0. The van der Waals surface area contributed by atoms with Gasteiger partial charge in [-0.05, 0) is 0 Å². The molecular weight excluding hydrogens is 193 g/mol. The molecule has 0 unspecified atom stereocenters. The van der Waals surface area contributed by atoms with E-state index in [-0.39, 0.29) is 30.3 Å². The SMILES string of the molecule is O=P(O)(O)O[SiH3].[GaH3]. The topological polar surface area (TPSA) is 66.8 Å². The zero-order valence-electron chi connectivity index (χ0n) is 3.16. The Kier molecular flexibility index (Phi) is 6.06. The fourth-order valence-electron chi connectivity index (χ4n) is 0. The van der Waals surface area contributed by atoms with Gasteiger partial charge in [-0.15, -0.1) is 0 Å². The normalized spacial score (nSPS) is 10.6.